The highest BCUT2D eigenvalue weighted by Crippen LogP contribution is 2.49. The Kier molecular flexibility index (Phi) is 5.22. The predicted molar refractivity (Wildman–Crippen MR) is 131 cm³/mol. The quantitative estimate of drug-likeness (QED) is 0.263. The second kappa shape index (κ2) is 7.51. The zero-order valence-corrected chi connectivity index (χ0v) is 19.3. The van der Waals surface area contributed by atoms with E-state index in [-0.39, 0.29) is 5.41 Å². The van der Waals surface area contributed by atoms with E-state index < -0.39 is 0 Å². The van der Waals surface area contributed by atoms with Gasteiger partial charge < -0.3 is 0 Å². The normalized spacial score (nSPS) is 14.7. The van der Waals surface area contributed by atoms with Gasteiger partial charge in [-0.25, -0.2) is 0 Å². The summed E-state index contributed by atoms with van der Waals surface area (Å²) in [5, 5.41) is 0. The van der Waals surface area contributed by atoms with Gasteiger partial charge in [0.2, 0.25) is 0 Å². The number of benzene rings is 3. The smallest absolute Gasteiger partial charge is 0.0159 e. The number of aryl methyl sites for hydroxylation is 1. The highest BCUT2D eigenvalue weighted by atomic mass is 127. The number of allylic oxidation sites excluding steroid dienone is 1. The van der Waals surface area contributed by atoms with Crippen LogP contribution in [0.15, 0.2) is 60.7 Å². The second-order valence-electron chi connectivity index (χ2n) is 8.15. The van der Waals surface area contributed by atoms with Crippen molar-refractivity contribution in [2.75, 3.05) is 0 Å². The zero-order valence-electron chi connectivity index (χ0n) is 17.1. The van der Waals surface area contributed by atoms with Gasteiger partial charge in [-0.15, -0.1) is 0 Å². The molecule has 1 aliphatic rings. The molecular weight excluding hydrogens is 451 g/mol. The molecule has 0 spiro atoms. The van der Waals surface area contributed by atoms with Crippen molar-refractivity contribution in [1.82, 2.24) is 0 Å². The summed E-state index contributed by atoms with van der Waals surface area (Å²) in [7, 11) is 0. The predicted octanol–water partition coefficient (Wildman–Crippen LogP) is 8.11. The van der Waals surface area contributed by atoms with Crippen molar-refractivity contribution >= 4 is 34.2 Å². The maximum Gasteiger partial charge on any atom is 0.0159 e. The van der Waals surface area contributed by atoms with E-state index in [4.69, 9.17) is 0 Å². The molecule has 4 rings (SSSR count). The number of hydrogen-bond donors (Lipinski definition) is 0. The molecule has 0 saturated heterocycles. The Morgan fingerprint density at radius 3 is 2.29 bits per heavy atom. The molecule has 0 saturated carbocycles. The van der Waals surface area contributed by atoms with E-state index in [0.29, 0.717) is 0 Å². The summed E-state index contributed by atoms with van der Waals surface area (Å²) in [6, 6.07) is 22.7. The summed E-state index contributed by atoms with van der Waals surface area (Å²) in [4.78, 5) is 0. The van der Waals surface area contributed by atoms with Gasteiger partial charge in [-0.3, -0.25) is 0 Å². The number of hydrogen-bond acceptors (Lipinski definition) is 0. The Morgan fingerprint density at radius 1 is 0.893 bits per heavy atom. The van der Waals surface area contributed by atoms with Crippen LogP contribution in [0.4, 0.5) is 0 Å². The summed E-state index contributed by atoms with van der Waals surface area (Å²) in [5.41, 5.74) is 11.2. The molecular formula is C27H27I. The van der Waals surface area contributed by atoms with E-state index in [2.05, 4.69) is 117 Å². The van der Waals surface area contributed by atoms with Gasteiger partial charge >= 0.3 is 0 Å². The Morgan fingerprint density at radius 2 is 1.57 bits per heavy atom. The van der Waals surface area contributed by atoms with E-state index in [9.17, 15) is 0 Å². The van der Waals surface area contributed by atoms with Crippen molar-refractivity contribution in [3.05, 3.63) is 92.1 Å². The Bertz CT molecular complexity index is 1070. The highest BCUT2D eigenvalue weighted by Gasteiger charge is 2.35. The first kappa shape index (κ1) is 19.4. The average Bonchev–Trinajstić information content (AvgIpc) is 2.93. The van der Waals surface area contributed by atoms with Gasteiger partial charge in [-0.2, -0.15) is 0 Å². The van der Waals surface area contributed by atoms with Crippen LogP contribution in [0, 0.1) is 3.57 Å². The maximum atomic E-state index is 2.44. The third-order valence-corrected chi connectivity index (χ3v) is 6.83. The van der Waals surface area contributed by atoms with Crippen LogP contribution in [-0.4, -0.2) is 0 Å². The van der Waals surface area contributed by atoms with Crippen molar-refractivity contribution < 1.29 is 0 Å². The first-order valence-corrected chi connectivity index (χ1v) is 11.3. The molecule has 0 bridgehead atoms. The van der Waals surface area contributed by atoms with Gasteiger partial charge in [0.15, 0.2) is 0 Å². The molecule has 3 aromatic carbocycles. The van der Waals surface area contributed by atoms with Crippen molar-refractivity contribution in [2.45, 2.75) is 46.0 Å². The second-order valence-corrected chi connectivity index (χ2v) is 9.40. The van der Waals surface area contributed by atoms with Gasteiger partial charge in [-0.1, -0.05) is 76.2 Å². The summed E-state index contributed by atoms with van der Waals surface area (Å²) < 4.78 is 1.31. The molecule has 142 valence electrons. The lowest BCUT2D eigenvalue weighted by Gasteiger charge is -2.22. The van der Waals surface area contributed by atoms with Crippen molar-refractivity contribution in [3.8, 4) is 11.1 Å². The molecule has 0 fully saturated rings. The number of rotatable bonds is 4. The fraction of sp³-hybridized carbons (Fsp3) is 0.259. The molecule has 3 aromatic rings. The molecule has 28 heavy (non-hydrogen) atoms. The van der Waals surface area contributed by atoms with Gasteiger partial charge in [0, 0.05) is 8.99 Å². The van der Waals surface area contributed by atoms with Crippen LogP contribution < -0.4 is 0 Å². The SMILES string of the molecule is CC/C(=C\c1ccccc1CC)c1ccc2c(c1)C(C)(C)c1cc(I)ccc1-2. The van der Waals surface area contributed by atoms with E-state index in [1.54, 1.807) is 0 Å². The lowest BCUT2D eigenvalue weighted by molar-refractivity contribution is 0.659. The van der Waals surface area contributed by atoms with Gasteiger partial charge in [0.1, 0.15) is 0 Å². The standard InChI is InChI=1S/C27H27I/c1-5-18-9-7-8-10-20(18)15-19(6-2)21-11-13-23-24-14-12-22(28)17-26(24)27(3,4)25(23)16-21/h7-17H,5-6H2,1-4H3/b19-15+. The minimum atomic E-state index is 0.0437. The van der Waals surface area contributed by atoms with Crippen molar-refractivity contribution in [2.24, 2.45) is 0 Å². The van der Waals surface area contributed by atoms with E-state index in [1.165, 1.54) is 48.1 Å². The van der Waals surface area contributed by atoms with Gasteiger partial charge in [0.25, 0.3) is 0 Å². The van der Waals surface area contributed by atoms with Crippen LogP contribution in [-0.2, 0) is 11.8 Å². The first-order chi connectivity index (χ1) is 13.5. The third kappa shape index (κ3) is 3.24. The van der Waals surface area contributed by atoms with Crippen LogP contribution in [0.1, 0.15) is 61.9 Å². The van der Waals surface area contributed by atoms with Crippen molar-refractivity contribution in [1.29, 1.82) is 0 Å². The fourth-order valence-corrected chi connectivity index (χ4v) is 4.97. The third-order valence-electron chi connectivity index (χ3n) is 6.16. The average molecular weight is 478 g/mol. The Balaban J connectivity index is 1.83. The monoisotopic (exact) mass is 478 g/mol. The largest absolute Gasteiger partial charge is 0.0620 e. The molecule has 0 nitrogen and oxygen atoms in total. The first-order valence-electron chi connectivity index (χ1n) is 10.2. The molecule has 0 atom stereocenters. The topological polar surface area (TPSA) is 0 Å². The molecule has 0 N–H and O–H groups in total. The van der Waals surface area contributed by atoms with Crippen LogP contribution in [0.5, 0.6) is 0 Å². The lowest BCUT2D eigenvalue weighted by Crippen LogP contribution is -2.15. The molecule has 1 heteroatoms. The lowest BCUT2D eigenvalue weighted by atomic mass is 9.81. The summed E-state index contributed by atoms with van der Waals surface area (Å²) in [6.07, 6.45) is 4.48. The Labute approximate surface area is 182 Å². The number of halogens is 1. The van der Waals surface area contributed by atoms with E-state index in [0.717, 1.165) is 12.8 Å². The molecule has 1 aliphatic carbocycles. The number of fused-ring (bicyclic) bond motifs is 3. The summed E-state index contributed by atoms with van der Waals surface area (Å²) in [6.45, 7) is 9.21. The minimum Gasteiger partial charge on any atom is -0.0620 e. The van der Waals surface area contributed by atoms with Crippen LogP contribution in [0.3, 0.4) is 0 Å². The molecule has 0 heterocycles. The van der Waals surface area contributed by atoms with Gasteiger partial charge in [0.05, 0.1) is 0 Å². The maximum absolute atomic E-state index is 2.44. The molecule has 0 amide bonds. The highest BCUT2D eigenvalue weighted by molar-refractivity contribution is 14.1. The zero-order chi connectivity index (χ0) is 19.9. The summed E-state index contributed by atoms with van der Waals surface area (Å²) in [5.74, 6) is 0. The molecule has 0 aromatic heterocycles. The van der Waals surface area contributed by atoms with Crippen LogP contribution in [0.2, 0.25) is 0 Å². The van der Waals surface area contributed by atoms with Crippen LogP contribution >= 0.6 is 22.6 Å². The molecule has 0 aliphatic heterocycles. The summed E-state index contributed by atoms with van der Waals surface area (Å²) >= 11 is 2.42. The molecule has 0 radical (unpaired) electrons. The minimum absolute atomic E-state index is 0.0437. The molecule has 0 unspecified atom stereocenters. The van der Waals surface area contributed by atoms with Gasteiger partial charge in [-0.05, 0) is 98.1 Å². The van der Waals surface area contributed by atoms with E-state index in [1.807, 2.05) is 0 Å². The Hall–Kier alpha value is -1.87. The van der Waals surface area contributed by atoms with Crippen molar-refractivity contribution in [3.63, 3.8) is 0 Å². The van der Waals surface area contributed by atoms with E-state index >= 15 is 0 Å². The fourth-order valence-electron chi connectivity index (χ4n) is 4.48. The van der Waals surface area contributed by atoms with Crippen LogP contribution in [0.25, 0.3) is 22.8 Å².